The van der Waals surface area contributed by atoms with Crippen LogP contribution in [0.25, 0.3) is 0 Å². The van der Waals surface area contributed by atoms with Gasteiger partial charge in [-0.2, -0.15) is 13.5 Å². The summed E-state index contributed by atoms with van der Waals surface area (Å²) in [4.78, 5) is 2.28. The van der Waals surface area contributed by atoms with Crippen LogP contribution in [-0.2, 0) is 10.0 Å². The van der Waals surface area contributed by atoms with Crippen LogP contribution < -0.4 is 9.57 Å². The number of hydrazone groups is 1. The molecule has 0 aliphatic carbocycles. The number of hydrogen-bond acceptors (Lipinski definition) is 4. The van der Waals surface area contributed by atoms with Gasteiger partial charge in [0.1, 0.15) is 12.4 Å². The van der Waals surface area contributed by atoms with E-state index < -0.39 is 10.0 Å². The van der Waals surface area contributed by atoms with Crippen LogP contribution in [0.15, 0.2) is 63.0 Å². The summed E-state index contributed by atoms with van der Waals surface area (Å²) in [7, 11) is -3.72. The summed E-state index contributed by atoms with van der Waals surface area (Å²) in [5, 5.41) is 3.77. The van der Waals surface area contributed by atoms with Crippen molar-refractivity contribution < 1.29 is 13.2 Å². The molecule has 5 nitrogen and oxygen atoms in total. The van der Waals surface area contributed by atoms with Crippen molar-refractivity contribution in [3.05, 3.63) is 58.6 Å². The molecule has 0 fully saturated rings. The second-order valence-corrected chi connectivity index (χ2v) is 6.91. The Kier molecular flexibility index (Phi) is 5.79. The molecule has 0 amide bonds. The van der Waals surface area contributed by atoms with Gasteiger partial charge in [-0.15, -0.1) is 6.42 Å². The summed E-state index contributed by atoms with van der Waals surface area (Å²) < 4.78 is 30.3. The Labute approximate surface area is 143 Å². The number of benzene rings is 2. The van der Waals surface area contributed by atoms with E-state index in [0.29, 0.717) is 11.3 Å². The lowest BCUT2D eigenvalue weighted by molar-refractivity contribution is 0.370. The van der Waals surface area contributed by atoms with Gasteiger partial charge in [-0.25, -0.2) is 4.83 Å². The third-order valence-electron chi connectivity index (χ3n) is 2.73. The highest BCUT2D eigenvalue weighted by molar-refractivity contribution is 9.10. The van der Waals surface area contributed by atoms with Gasteiger partial charge in [-0.3, -0.25) is 0 Å². The average molecular weight is 393 g/mol. The zero-order chi connectivity index (χ0) is 16.7. The minimum absolute atomic E-state index is 0.120. The van der Waals surface area contributed by atoms with Crippen LogP contribution in [0, 0.1) is 12.3 Å². The molecule has 0 unspecified atom stereocenters. The van der Waals surface area contributed by atoms with Crippen molar-refractivity contribution >= 4 is 32.2 Å². The maximum atomic E-state index is 12.1. The van der Waals surface area contributed by atoms with Crippen molar-refractivity contribution in [3.63, 3.8) is 0 Å². The molecule has 2 rings (SSSR count). The van der Waals surface area contributed by atoms with Gasteiger partial charge in [-0.1, -0.05) is 34.0 Å². The maximum Gasteiger partial charge on any atom is 0.276 e. The molecule has 0 aliphatic heterocycles. The molecule has 0 aliphatic rings. The van der Waals surface area contributed by atoms with E-state index >= 15 is 0 Å². The third-order valence-corrected chi connectivity index (χ3v) is 4.50. The van der Waals surface area contributed by atoms with Gasteiger partial charge in [0.2, 0.25) is 0 Å². The quantitative estimate of drug-likeness (QED) is 0.466. The highest BCUT2D eigenvalue weighted by Crippen LogP contribution is 2.16. The van der Waals surface area contributed by atoms with Gasteiger partial charge in [-0.05, 0) is 36.4 Å². The molecule has 0 heterocycles. The fraction of sp³-hybridized carbons (Fsp3) is 0.0625. The number of para-hydroxylation sites is 1. The van der Waals surface area contributed by atoms with Crippen molar-refractivity contribution in [2.75, 3.05) is 6.61 Å². The average Bonchev–Trinajstić information content (AvgIpc) is 2.54. The lowest BCUT2D eigenvalue weighted by Gasteiger charge is -2.06. The third kappa shape index (κ3) is 4.84. The van der Waals surface area contributed by atoms with Gasteiger partial charge >= 0.3 is 0 Å². The number of nitrogens with one attached hydrogen (secondary N) is 1. The van der Waals surface area contributed by atoms with E-state index in [1.807, 2.05) is 0 Å². The smallest absolute Gasteiger partial charge is 0.276 e. The summed E-state index contributed by atoms with van der Waals surface area (Å²) in [5.74, 6) is 2.89. The number of hydrogen-bond donors (Lipinski definition) is 1. The number of halogens is 1. The zero-order valence-electron chi connectivity index (χ0n) is 11.9. The molecule has 118 valence electrons. The van der Waals surface area contributed by atoms with E-state index in [1.54, 1.807) is 36.4 Å². The number of ether oxygens (including phenoxy) is 1. The molecule has 7 heteroatoms. The molecule has 0 atom stereocenters. The minimum Gasteiger partial charge on any atom is -0.480 e. The van der Waals surface area contributed by atoms with Crippen molar-refractivity contribution in [3.8, 4) is 18.1 Å². The van der Waals surface area contributed by atoms with Crippen molar-refractivity contribution in [1.82, 2.24) is 4.83 Å². The maximum absolute atomic E-state index is 12.1. The topological polar surface area (TPSA) is 67.8 Å². The van der Waals surface area contributed by atoms with Crippen LogP contribution in [0.5, 0.6) is 5.75 Å². The van der Waals surface area contributed by atoms with E-state index in [2.05, 4.69) is 31.8 Å². The van der Waals surface area contributed by atoms with Gasteiger partial charge in [0.15, 0.2) is 0 Å². The summed E-state index contributed by atoms with van der Waals surface area (Å²) in [5.41, 5.74) is 0.612. The minimum atomic E-state index is -3.72. The monoisotopic (exact) mass is 392 g/mol. The summed E-state index contributed by atoms with van der Waals surface area (Å²) in [6.07, 6.45) is 6.52. The second-order valence-electron chi connectivity index (χ2n) is 4.34. The first-order valence-electron chi connectivity index (χ1n) is 6.48. The Morgan fingerprint density at radius 1 is 1.22 bits per heavy atom. The predicted molar refractivity (Wildman–Crippen MR) is 92.8 cm³/mol. The molecule has 1 N–H and O–H groups in total. The van der Waals surface area contributed by atoms with Crippen LogP contribution in [0.3, 0.4) is 0 Å². The van der Waals surface area contributed by atoms with Crippen LogP contribution >= 0.6 is 15.9 Å². The molecule has 0 spiro atoms. The molecule has 0 saturated carbocycles. The Bertz CT molecular complexity index is 840. The van der Waals surface area contributed by atoms with Gasteiger partial charge in [0, 0.05) is 10.0 Å². The van der Waals surface area contributed by atoms with E-state index in [1.165, 1.54) is 18.3 Å². The van der Waals surface area contributed by atoms with Crippen LogP contribution in [0.2, 0.25) is 0 Å². The standard InChI is InChI=1S/C16H13BrN2O3S/c1-2-11-22-16-6-4-3-5-13(16)12-18-19-23(20,21)15-9-7-14(17)8-10-15/h1,3-10,12,19H,11H2/b18-12-. The zero-order valence-corrected chi connectivity index (χ0v) is 14.3. The first kappa shape index (κ1) is 17.1. The van der Waals surface area contributed by atoms with Crippen LogP contribution in [0.1, 0.15) is 5.56 Å². The molecule has 2 aromatic rings. The van der Waals surface area contributed by atoms with E-state index in [-0.39, 0.29) is 11.5 Å². The first-order valence-corrected chi connectivity index (χ1v) is 8.76. The second kappa shape index (κ2) is 7.81. The Morgan fingerprint density at radius 3 is 2.61 bits per heavy atom. The number of sulfonamides is 1. The Morgan fingerprint density at radius 2 is 1.91 bits per heavy atom. The van der Waals surface area contributed by atoms with Gasteiger partial charge in [0.25, 0.3) is 10.0 Å². The molecule has 0 aromatic heterocycles. The van der Waals surface area contributed by atoms with E-state index in [0.717, 1.165) is 4.47 Å². The molecular weight excluding hydrogens is 380 g/mol. The lowest BCUT2D eigenvalue weighted by atomic mass is 10.2. The molecule has 0 bridgehead atoms. The van der Waals surface area contributed by atoms with E-state index in [4.69, 9.17) is 11.2 Å². The largest absolute Gasteiger partial charge is 0.480 e. The van der Waals surface area contributed by atoms with E-state index in [9.17, 15) is 8.42 Å². The fourth-order valence-corrected chi connectivity index (χ4v) is 2.73. The number of rotatable bonds is 6. The first-order chi connectivity index (χ1) is 11.0. The van der Waals surface area contributed by atoms with Crippen LogP contribution in [-0.4, -0.2) is 21.2 Å². The summed E-state index contributed by atoms with van der Waals surface area (Å²) in [6.45, 7) is 0.121. The molecule has 23 heavy (non-hydrogen) atoms. The fourth-order valence-electron chi connectivity index (χ4n) is 1.67. The lowest BCUT2D eigenvalue weighted by Crippen LogP contribution is -2.18. The number of nitrogens with zero attached hydrogens (tertiary/aromatic N) is 1. The normalized spacial score (nSPS) is 11.1. The van der Waals surface area contributed by atoms with Crippen molar-refractivity contribution in [1.29, 1.82) is 0 Å². The SMILES string of the molecule is C#CCOc1ccccc1/C=N\NS(=O)(=O)c1ccc(Br)cc1. The molecule has 0 saturated heterocycles. The summed E-state index contributed by atoms with van der Waals surface area (Å²) >= 11 is 3.25. The Hall–Kier alpha value is -2.30. The number of terminal acetylenes is 1. The highest BCUT2D eigenvalue weighted by Gasteiger charge is 2.12. The Balaban J connectivity index is 2.12. The van der Waals surface area contributed by atoms with Crippen LogP contribution in [0.4, 0.5) is 0 Å². The molecular formula is C16H13BrN2O3S. The van der Waals surface area contributed by atoms with Gasteiger partial charge in [0.05, 0.1) is 11.1 Å². The molecule has 2 aromatic carbocycles. The van der Waals surface area contributed by atoms with Crippen molar-refractivity contribution in [2.24, 2.45) is 5.10 Å². The predicted octanol–water partition coefficient (Wildman–Crippen LogP) is 2.77. The highest BCUT2D eigenvalue weighted by atomic mass is 79.9. The molecule has 0 radical (unpaired) electrons. The summed E-state index contributed by atoms with van der Waals surface area (Å²) in [6, 6.07) is 13.3. The van der Waals surface area contributed by atoms with Gasteiger partial charge < -0.3 is 4.74 Å². The van der Waals surface area contributed by atoms with Crippen molar-refractivity contribution in [2.45, 2.75) is 4.90 Å².